The van der Waals surface area contributed by atoms with Gasteiger partial charge in [-0.15, -0.1) is 0 Å². The summed E-state index contributed by atoms with van der Waals surface area (Å²) in [5.74, 6) is -2.24. The van der Waals surface area contributed by atoms with E-state index in [0.717, 1.165) is 12.8 Å². The van der Waals surface area contributed by atoms with Gasteiger partial charge in [0.15, 0.2) is 0 Å². The molecular formula is C14H23NO5. The molecule has 0 bridgehead atoms. The number of nitrogens with one attached hydrogen (secondary N) is 1. The largest absolute Gasteiger partial charge is 0.481 e. The molecule has 1 aliphatic carbocycles. The van der Waals surface area contributed by atoms with Gasteiger partial charge in [0, 0.05) is 6.42 Å². The molecule has 0 radical (unpaired) electrons. The lowest BCUT2D eigenvalue weighted by molar-refractivity contribution is -0.147. The second-order valence-corrected chi connectivity index (χ2v) is 5.45. The van der Waals surface area contributed by atoms with Crippen LogP contribution in [0.2, 0.25) is 0 Å². The first kappa shape index (κ1) is 16.5. The highest BCUT2D eigenvalue weighted by Gasteiger charge is 2.23. The summed E-state index contributed by atoms with van der Waals surface area (Å²) in [6, 6.07) is -1.34. The molecule has 1 amide bonds. The second-order valence-electron chi connectivity index (χ2n) is 5.45. The van der Waals surface area contributed by atoms with Gasteiger partial charge in [-0.25, -0.2) is 4.79 Å². The fourth-order valence-electron chi connectivity index (χ4n) is 2.67. The van der Waals surface area contributed by atoms with Gasteiger partial charge < -0.3 is 15.5 Å². The Labute approximate surface area is 118 Å². The molecule has 6 heteroatoms. The van der Waals surface area contributed by atoms with E-state index in [2.05, 4.69) is 5.32 Å². The van der Waals surface area contributed by atoms with Crippen molar-refractivity contribution in [3.63, 3.8) is 0 Å². The number of carbonyl (C=O) groups is 3. The molecule has 0 heterocycles. The van der Waals surface area contributed by atoms with E-state index in [0.29, 0.717) is 5.92 Å². The van der Waals surface area contributed by atoms with Gasteiger partial charge in [0.2, 0.25) is 5.91 Å². The summed E-state index contributed by atoms with van der Waals surface area (Å²) < 4.78 is 0. The molecule has 0 aromatic rings. The van der Waals surface area contributed by atoms with E-state index in [1.807, 2.05) is 0 Å². The number of hydrogen-bond acceptors (Lipinski definition) is 3. The summed E-state index contributed by atoms with van der Waals surface area (Å²) in [6.45, 7) is 0. The molecule has 3 N–H and O–H groups in total. The van der Waals surface area contributed by atoms with Gasteiger partial charge in [0.05, 0.1) is 6.42 Å². The number of rotatable bonds is 8. The fourth-order valence-corrected chi connectivity index (χ4v) is 2.67. The van der Waals surface area contributed by atoms with E-state index in [9.17, 15) is 14.4 Å². The van der Waals surface area contributed by atoms with E-state index < -0.39 is 24.4 Å². The molecule has 1 fully saturated rings. The Kier molecular flexibility index (Phi) is 7.04. The molecule has 114 valence electrons. The number of carboxylic acid groups (broad SMARTS) is 2. The number of carbonyl (C=O) groups excluding carboxylic acids is 1. The molecule has 6 nitrogen and oxygen atoms in total. The minimum Gasteiger partial charge on any atom is -0.481 e. The van der Waals surface area contributed by atoms with Crippen molar-refractivity contribution < 1.29 is 24.6 Å². The maximum absolute atomic E-state index is 11.6. The Bertz CT molecular complexity index is 349. The van der Waals surface area contributed by atoms with Crippen LogP contribution in [-0.4, -0.2) is 34.1 Å². The monoisotopic (exact) mass is 285 g/mol. The zero-order valence-electron chi connectivity index (χ0n) is 11.6. The zero-order valence-corrected chi connectivity index (χ0v) is 11.6. The molecule has 0 aromatic heterocycles. The van der Waals surface area contributed by atoms with Crippen LogP contribution in [0.1, 0.15) is 57.8 Å². The van der Waals surface area contributed by atoms with Gasteiger partial charge in [-0.05, 0) is 18.8 Å². The van der Waals surface area contributed by atoms with Gasteiger partial charge in [-0.3, -0.25) is 9.59 Å². The van der Waals surface area contributed by atoms with Gasteiger partial charge in [0.25, 0.3) is 0 Å². The summed E-state index contributed by atoms with van der Waals surface area (Å²) >= 11 is 0. The lowest BCUT2D eigenvalue weighted by atomic mass is 9.86. The number of carboxylic acids is 2. The van der Waals surface area contributed by atoms with Crippen LogP contribution in [0, 0.1) is 5.92 Å². The van der Waals surface area contributed by atoms with Gasteiger partial charge in [0.1, 0.15) is 6.04 Å². The van der Waals surface area contributed by atoms with Crippen molar-refractivity contribution in [2.45, 2.75) is 63.8 Å². The fraction of sp³-hybridized carbons (Fsp3) is 0.786. The maximum atomic E-state index is 11.6. The molecule has 1 unspecified atom stereocenters. The summed E-state index contributed by atoms with van der Waals surface area (Å²) in [5.41, 5.74) is 0. The third kappa shape index (κ3) is 6.54. The molecule has 1 aliphatic rings. The average Bonchev–Trinajstić information content (AvgIpc) is 2.38. The van der Waals surface area contributed by atoms with Crippen molar-refractivity contribution >= 4 is 17.8 Å². The summed E-state index contributed by atoms with van der Waals surface area (Å²) in [6.07, 6.45) is 7.65. The van der Waals surface area contributed by atoms with Crippen LogP contribution >= 0.6 is 0 Å². The maximum Gasteiger partial charge on any atom is 0.326 e. The van der Waals surface area contributed by atoms with Crippen molar-refractivity contribution in [1.29, 1.82) is 0 Å². The lowest BCUT2D eigenvalue weighted by Gasteiger charge is -2.21. The van der Waals surface area contributed by atoms with E-state index >= 15 is 0 Å². The number of hydrogen-bond donors (Lipinski definition) is 3. The van der Waals surface area contributed by atoms with Crippen molar-refractivity contribution in [1.82, 2.24) is 5.32 Å². The third-order valence-corrected chi connectivity index (χ3v) is 3.75. The van der Waals surface area contributed by atoms with Crippen molar-refractivity contribution in [2.75, 3.05) is 0 Å². The zero-order chi connectivity index (χ0) is 15.0. The predicted molar refractivity (Wildman–Crippen MR) is 72.2 cm³/mol. The minimum absolute atomic E-state index is 0.264. The van der Waals surface area contributed by atoms with Crippen molar-refractivity contribution in [3.05, 3.63) is 0 Å². The van der Waals surface area contributed by atoms with Crippen molar-refractivity contribution in [3.8, 4) is 0 Å². The van der Waals surface area contributed by atoms with E-state index in [1.54, 1.807) is 0 Å². The first-order chi connectivity index (χ1) is 9.49. The van der Waals surface area contributed by atoms with E-state index in [-0.39, 0.29) is 12.3 Å². The van der Waals surface area contributed by atoms with Gasteiger partial charge in [-0.1, -0.05) is 32.1 Å². The normalized spacial score (nSPS) is 17.4. The van der Waals surface area contributed by atoms with Crippen LogP contribution in [-0.2, 0) is 14.4 Å². The SMILES string of the molecule is O=C(O)CC(NC(=O)CCCC1CCCCC1)C(=O)O. The highest BCUT2D eigenvalue weighted by atomic mass is 16.4. The third-order valence-electron chi connectivity index (χ3n) is 3.75. The average molecular weight is 285 g/mol. The Morgan fingerprint density at radius 3 is 2.30 bits per heavy atom. The highest BCUT2D eigenvalue weighted by Crippen LogP contribution is 2.27. The van der Waals surface area contributed by atoms with E-state index in [4.69, 9.17) is 10.2 Å². The molecule has 20 heavy (non-hydrogen) atoms. The molecule has 1 rings (SSSR count). The van der Waals surface area contributed by atoms with E-state index in [1.165, 1.54) is 32.1 Å². The Morgan fingerprint density at radius 1 is 1.10 bits per heavy atom. The Balaban J connectivity index is 2.23. The first-order valence-corrected chi connectivity index (χ1v) is 7.23. The molecule has 0 saturated heterocycles. The van der Waals surface area contributed by atoms with Crippen LogP contribution in [0.5, 0.6) is 0 Å². The minimum atomic E-state index is -1.34. The topological polar surface area (TPSA) is 104 Å². The van der Waals surface area contributed by atoms with Crippen LogP contribution in [0.4, 0.5) is 0 Å². The smallest absolute Gasteiger partial charge is 0.326 e. The lowest BCUT2D eigenvalue weighted by Crippen LogP contribution is -2.42. The first-order valence-electron chi connectivity index (χ1n) is 7.23. The quantitative estimate of drug-likeness (QED) is 0.630. The Hall–Kier alpha value is -1.59. The van der Waals surface area contributed by atoms with Crippen LogP contribution in [0.3, 0.4) is 0 Å². The standard InChI is InChI=1S/C14H23NO5/c16-12(15-11(14(19)20)9-13(17)18)8-4-7-10-5-2-1-3-6-10/h10-11H,1-9H2,(H,15,16)(H,17,18)(H,19,20). The van der Waals surface area contributed by atoms with Crippen LogP contribution < -0.4 is 5.32 Å². The summed E-state index contributed by atoms with van der Waals surface area (Å²) in [4.78, 5) is 32.9. The molecule has 0 spiro atoms. The number of aliphatic carboxylic acids is 2. The molecule has 1 atom stereocenters. The second kappa shape index (κ2) is 8.55. The van der Waals surface area contributed by atoms with Crippen molar-refractivity contribution in [2.24, 2.45) is 5.92 Å². The van der Waals surface area contributed by atoms with Crippen LogP contribution in [0.15, 0.2) is 0 Å². The summed E-state index contributed by atoms with van der Waals surface area (Å²) in [5, 5.41) is 19.7. The molecule has 1 saturated carbocycles. The van der Waals surface area contributed by atoms with Gasteiger partial charge in [-0.2, -0.15) is 0 Å². The molecule has 0 aliphatic heterocycles. The molecule has 0 aromatic carbocycles. The van der Waals surface area contributed by atoms with Gasteiger partial charge >= 0.3 is 11.9 Å². The summed E-state index contributed by atoms with van der Waals surface area (Å²) in [7, 11) is 0. The molecular weight excluding hydrogens is 262 g/mol. The van der Waals surface area contributed by atoms with Crippen LogP contribution in [0.25, 0.3) is 0 Å². The Morgan fingerprint density at radius 2 is 1.75 bits per heavy atom. The number of amides is 1. The highest BCUT2D eigenvalue weighted by molar-refractivity contribution is 5.86. The predicted octanol–water partition coefficient (Wildman–Crippen LogP) is 1.78.